The van der Waals surface area contributed by atoms with Gasteiger partial charge in [0.15, 0.2) is 0 Å². The van der Waals surface area contributed by atoms with Crippen LogP contribution in [0.15, 0.2) is 12.2 Å². The van der Waals surface area contributed by atoms with Crippen LogP contribution >= 0.6 is 8.60 Å². The number of aliphatic hydroxyl groups is 1. The van der Waals surface area contributed by atoms with E-state index in [0.717, 1.165) is 12.8 Å². The van der Waals surface area contributed by atoms with Gasteiger partial charge in [0.05, 0.1) is 18.8 Å². The summed E-state index contributed by atoms with van der Waals surface area (Å²) in [5.74, 6) is 0. The third kappa shape index (κ3) is 16.8. The zero-order valence-corrected chi connectivity index (χ0v) is 16.2. The van der Waals surface area contributed by atoms with E-state index in [9.17, 15) is 5.11 Å². The second-order valence-electron chi connectivity index (χ2n) is 6.46. The molecule has 24 heavy (non-hydrogen) atoms. The summed E-state index contributed by atoms with van der Waals surface area (Å²) in [4.78, 5) is 17.2. The summed E-state index contributed by atoms with van der Waals surface area (Å²) in [6.07, 6.45) is 18.3. The van der Waals surface area contributed by atoms with Gasteiger partial charge in [0.25, 0.3) is 0 Å². The van der Waals surface area contributed by atoms with Gasteiger partial charge in [-0.2, -0.15) is 0 Å². The molecule has 6 heteroatoms. The summed E-state index contributed by atoms with van der Waals surface area (Å²) in [6.45, 7) is 2.19. The maximum absolute atomic E-state index is 9.76. The summed E-state index contributed by atoms with van der Waals surface area (Å²) in [5, 5.41) is 9.76. The molecule has 144 valence electrons. The van der Waals surface area contributed by atoms with E-state index in [1.165, 1.54) is 64.2 Å². The monoisotopic (exact) mass is 363 g/mol. The molecule has 0 amide bonds. The largest absolute Gasteiger partial charge is 0.387 e. The molecular formula is C18H38NO4P. The van der Waals surface area contributed by atoms with Gasteiger partial charge in [-0.25, -0.2) is 0 Å². The molecule has 0 aromatic rings. The van der Waals surface area contributed by atoms with Crippen LogP contribution in [-0.4, -0.2) is 33.6 Å². The van der Waals surface area contributed by atoms with Crippen LogP contribution in [0.5, 0.6) is 0 Å². The predicted octanol–water partition coefficient (Wildman–Crippen LogP) is 4.16. The molecule has 0 bridgehead atoms. The molecule has 0 unspecified atom stereocenters. The van der Waals surface area contributed by atoms with Gasteiger partial charge in [-0.05, 0) is 12.8 Å². The fourth-order valence-corrected chi connectivity index (χ4v) is 2.86. The van der Waals surface area contributed by atoms with Gasteiger partial charge in [-0.3, -0.25) is 0 Å². The Bertz CT molecular complexity index is 290. The van der Waals surface area contributed by atoms with Crippen molar-refractivity contribution in [1.29, 1.82) is 0 Å². The number of allylic oxidation sites excluding steroid dienone is 1. The van der Waals surface area contributed by atoms with Crippen LogP contribution in [0.25, 0.3) is 0 Å². The summed E-state index contributed by atoms with van der Waals surface area (Å²) in [5.41, 5.74) is 5.67. The molecule has 0 fully saturated rings. The smallest absolute Gasteiger partial charge is 0.327 e. The minimum atomic E-state index is -2.40. The third-order valence-electron chi connectivity index (χ3n) is 4.13. The van der Waals surface area contributed by atoms with E-state index in [4.69, 9.17) is 15.5 Å². The minimum absolute atomic E-state index is 0.0668. The van der Waals surface area contributed by atoms with Crippen molar-refractivity contribution in [2.45, 2.75) is 96.1 Å². The molecule has 5 nitrogen and oxygen atoms in total. The Kier molecular flexibility index (Phi) is 17.8. The summed E-state index contributed by atoms with van der Waals surface area (Å²) in [6, 6.07) is -0.636. The lowest BCUT2D eigenvalue weighted by Gasteiger charge is -2.15. The topological polar surface area (TPSA) is 95.9 Å². The Morgan fingerprint density at radius 2 is 1.42 bits per heavy atom. The minimum Gasteiger partial charge on any atom is -0.387 e. The van der Waals surface area contributed by atoms with Crippen LogP contribution in [0, 0.1) is 0 Å². The van der Waals surface area contributed by atoms with Crippen LogP contribution in [0.1, 0.15) is 84.0 Å². The van der Waals surface area contributed by atoms with Crippen molar-refractivity contribution < 1.29 is 19.4 Å². The normalized spacial score (nSPS) is 14.6. The molecular weight excluding hydrogens is 325 g/mol. The zero-order valence-electron chi connectivity index (χ0n) is 15.3. The van der Waals surface area contributed by atoms with Crippen molar-refractivity contribution in [2.24, 2.45) is 5.73 Å². The average molecular weight is 363 g/mol. The molecule has 0 aliphatic carbocycles. The van der Waals surface area contributed by atoms with E-state index >= 15 is 0 Å². The lowest BCUT2D eigenvalue weighted by Crippen LogP contribution is -2.37. The van der Waals surface area contributed by atoms with E-state index in [2.05, 4.69) is 11.4 Å². The highest BCUT2D eigenvalue weighted by Gasteiger charge is 2.13. The van der Waals surface area contributed by atoms with Gasteiger partial charge in [-0.15, -0.1) is 0 Å². The molecule has 0 spiro atoms. The predicted molar refractivity (Wildman–Crippen MR) is 102 cm³/mol. The second-order valence-corrected chi connectivity index (χ2v) is 7.22. The molecule has 0 saturated heterocycles. The molecule has 0 heterocycles. The molecule has 0 aromatic carbocycles. The molecule has 0 aliphatic heterocycles. The standard InChI is InChI=1S/C18H38NO4P/c1-2-3-4-5-6-7-8-9-10-11-12-13-14-15-18(20)17(19)16-23-24(21)22/h14-15,17-18,20-22H,2-13,16,19H2,1H3/b15-14+/t17-,18-/m0/s1. The fraction of sp³-hybridized carbons (Fsp3) is 0.889. The first-order valence-electron chi connectivity index (χ1n) is 9.49. The Labute approximate surface area is 149 Å². The molecule has 0 aromatic heterocycles. The number of aliphatic hydroxyl groups excluding tert-OH is 1. The van der Waals surface area contributed by atoms with Gasteiger partial charge >= 0.3 is 8.60 Å². The van der Waals surface area contributed by atoms with Crippen molar-refractivity contribution in [1.82, 2.24) is 0 Å². The number of rotatable bonds is 17. The molecule has 0 rings (SSSR count). The molecule has 5 N–H and O–H groups in total. The lowest BCUT2D eigenvalue weighted by molar-refractivity contribution is 0.144. The van der Waals surface area contributed by atoms with Crippen LogP contribution in [0.4, 0.5) is 0 Å². The Morgan fingerprint density at radius 1 is 0.917 bits per heavy atom. The number of hydrogen-bond acceptors (Lipinski definition) is 5. The average Bonchev–Trinajstić information content (AvgIpc) is 2.56. The highest BCUT2D eigenvalue weighted by molar-refractivity contribution is 7.39. The second kappa shape index (κ2) is 17.8. The third-order valence-corrected chi connectivity index (χ3v) is 4.51. The van der Waals surface area contributed by atoms with Gasteiger partial charge in [0.1, 0.15) is 0 Å². The molecule has 0 saturated carbocycles. The molecule has 2 atom stereocenters. The lowest BCUT2D eigenvalue weighted by atomic mass is 10.0. The van der Waals surface area contributed by atoms with Gasteiger partial charge in [-0.1, -0.05) is 83.3 Å². The molecule has 0 radical (unpaired) electrons. The summed E-state index contributed by atoms with van der Waals surface area (Å²) < 4.78 is 4.60. The van der Waals surface area contributed by atoms with E-state index in [1.807, 2.05) is 6.08 Å². The van der Waals surface area contributed by atoms with Gasteiger partial charge in [0.2, 0.25) is 0 Å². The Hall–Kier alpha value is -0.0300. The van der Waals surface area contributed by atoms with Crippen LogP contribution in [-0.2, 0) is 4.52 Å². The van der Waals surface area contributed by atoms with Crippen molar-refractivity contribution in [3.63, 3.8) is 0 Å². The first kappa shape index (κ1) is 24.0. The number of hydrogen-bond donors (Lipinski definition) is 4. The first-order valence-corrected chi connectivity index (χ1v) is 10.7. The first-order chi connectivity index (χ1) is 11.6. The highest BCUT2D eigenvalue weighted by atomic mass is 31.2. The van der Waals surface area contributed by atoms with Gasteiger partial charge < -0.3 is 25.2 Å². The van der Waals surface area contributed by atoms with E-state index in [0.29, 0.717) is 0 Å². The van der Waals surface area contributed by atoms with Crippen molar-refractivity contribution in [2.75, 3.05) is 6.61 Å². The van der Waals surface area contributed by atoms with Crippen LogP contribution in [0.2, 0.25) is 0 Å². The number of nitrogens with two attached hydrogens (primary N) is 1. The maximum Gasteiger partial charge on any atom is 0.327 e. The summed E-state index contributed by atoms with van der Waals surface area (Å²) in [7, 11) is -2.40. The number of unbranched alkanes of at least 4 members (excludes halogenated alkanes) is 11. The van der Waals surface area contributed by atoms with Crippen molar-refractivity contribution in [3.8, 4) is 0 Å². The fourth-order valence-electron chi connectivity index (χ4n) is 2.56. The molecule has 0 aliphatic rings. The van der Waals surface area contributed by atoms with Crippen LogP contribution in [0.3, 0.4) is 0 Å². The van der Waals surface area contributed by atoms with E-state index in [-0.39, 0.29) is 6.61 Å². The van der Waals surface area contributed by atoms with E-state index in [1.54, 1.807) is 6.08 Å². The SMILES string of the molecule is CCCCCCCCCCCCC/C=C/[C@H](O)[C@@H](N)COP(O)O. The van der Waals surface area contributed by atoms with Crippen molar-refractivity contribution >= 4 is 8.60 Å². The summed E-state index contributed by atoms with van der Waals surface area (Å²) >= 11 is 0. The maximum atomic E-state index is 9.76. The highest BCUT2D eigenvalue weighted by Crippen LogP contribution is 2.24. The van der Waals surface area contributed by atoms with Gasteiger partial charge in [0, 0.05) is 0 Å². The van der Waals surface area contributed by atoms with E-state index < -0.39 is 20.7 Å². The quantitative estimate of drug-likeness (QED) is 0.177. The Balaban J connectivity index is 3.36. The van der Waals surface area contributed by atoms with Crippen LogP contribution < -0.4 is 5.73 Å². The Morgan fingerprint density at radius 3 is 1.92 bits per heavy atom. The van der Waals surface area contributed by atoms with Crippen molar-refractivity contribution in [3.05, 3.63) is 12.2 Å². The zero-order chi connectivity index (χ0) is 18.0.